The van der Waals surface area contributed by atoms with Gasteiger partial charge in [0.25, 0.3) is 0 Å². The molecule has 1 aliphatic heterocycles. The number of carbonyl (C=O) groups excluding carboxylic acids is 1. The lowest BCUT2D eigenvalue weighted by molar-refractivity contribution is -0.135. The van der Waals surface area contributed by atoms with Crippen molar-refractivity contribution < 1.29 is 14.6 Å². The number of rotatable bonds is 6. The minimum Gasteiger partial charge on any atom is -0.395 e. The molecule has 0 spiro atoms. The van der Waals surface area contributed by atoms with Crippen molar-refractivity contribution in [2.24, 2.45) is 0 Å². The fourth-order valence-corrected chi connectivity index (χ4v) is 1.89. The predicted molar refractivity (Wildman–Crippen MR) is 62.1 cm³/mol. The van der Waals surface area contributed by atoms with Crippen LogP contribution in [0, 0.1) is 0 Å². The molecule has 4 nitrogen and oxygen atoms in total. The van der Waals surface area contributed by atoms with E-state index in [1.54, 1.807) is 11.0 Å². The molecular formula is C12H21NO3. The largest absolute Gasteiger partial charge is 0.395 e. The first-order valence-electron chi connectivity index (χ1n) is 5.89. The molecule has 4 heteroatoms. The molecule has 0 radical (unpaired) electrons. The first-order valence-corrected chi connectivity index (χ1v) is 5.89. The summed E-state index contributed by atoms with van der Waals surface area (Å²) in [6.07, 6.45) is 5.36. The molecule has 1 heterocycles. The van der Waals surface area contributed by atoms with E-state index in [0.29, 0.717) is 19.5 Å². The minimum absolute atomic E-state index is 0.00883. The molecule has 0 bridgehead atoms. The van der Waals surface area contributed by atoms with Gasteiger partial charge in [0.15, 0.2) is 0 Å². The molecule has 16 heavy (non-hydrogen) atoms. The Morgan fingerprint density at radius 2 is 2.38 bits per heavy atom. The van der Waals surface area contributed by atoms with Gasteiger partial charge in [-0.25, -0.2) is 0 Å². The highest BCUT2D eigenvalue weighted by molar-refractivity contribution is 5.76. The maximum absolute atomic E-state index is 11.9. The van der Waals surface area contributed by atoms with Gasteiger partial charge in [-0.2, -0.15) is 0 Å². The van der Waals surface area contributed by atoms with Gasteiger partial charge in [0, 0.05) is 19.7 Å². The Bertz CT molecular complexity index is 224. The Kier molecular flexibility index (Phi) is 6.11. The third kappa shape index (κ3) is 4.33. The molecule has 1 aliphatic rings. The molecule has 1 fully saturated rings. The van der Waals surface area contributed by atoms with E-state index in [1.807, 2.05) is 0 Å². The maximum Gasteiger partial charge on any atom is 0.225 e. The molecule has 1 N–H and O–H groups in total. The fourth-order valence-electron chi connectivity index (χ4n) is 1.89. The van der Waals surface area contributed by atoms with Crippen molar-refractivity contribution >= 4 is 5.91 Å². The van der Waals surface area contributed by atoms with Gasteiger partial charge in [0.1, 0.15) is 0 Å². The number of hydrogen-bond donors (Lipinski definition) is 1. The van der Waals surface area contributed by atoms with Crippen molar-refractivity contribution in [3.8, 4) is 0 Å². The number of carbonyl (C=O) groups is 1. The fraction of sp³-hybridized carbons (Fsp3) is 0.750. The Hall–Kier alpha value is -0.870. The number of ether oxygens (including phenoxy) is 1. The number of nitrogens with zero attached hydrogens (tertiary/aromatic N) is 1. The molecule has 0 saturated carbocycles. The van der Waals surface area contributed by atoms with E-state index in [0.717, 1.165) is 25.9 Å². The summed E-state index contributed by atoms with van der Waals surface area (Å²) >= 11 is 0. The van der Waals surface area contributed by atoms with E-state index >= 15 is 0 Å². The lowest BCUT2D eigenvalue weighted by Gasteiger charge is -2.26. The summed E-state index contributed by atoms with van der Waals surface area (Å²) in [4.78, 5) is 13.5. The van der Waals surface area contributed by atoms with Crippen LogP contribution in [0.4, 0.5) is 0 Å². The lowest BCUT2D eigenvalue weighted by atomic mass is 10.1. The highest BCUT2D eigenvalue weighted by atomic mass is 16.5. The van der Waals surface area contributed by atoms with Crippen LogP contribution in [-0.2, 0) is 9.53 Å². The molecule has 0 aromatic carbocycles. The van der Waals surface area contributed by atoms with Crippen LogP contribution >= 0.6 is 0 Å². The second kappa shape index (κ2) is 7.41. The third-order valence-corrected chi connectivity index (χ3v) is 2.75. The number of aliphatic hydroxyl groups excluding tert-OH is 1. The average Bonchev–Trinajstić information content (AvgIpc) is 2.30. The standard InChI is InChI=1S/C12H21NO3/c1-2-6-13(7-8-14)12(15)10-11-5-3-4-9-16-11/h2,11,14H,1,3-10H2. The van der Waals surface area contributed by atoms with Gasteiger partial charge >= 0.3 is 0 Å². The highest BCUT2D eigenvalue weighted by Gasteiger charge is 2.20. The van der Waals surface area contributed by atoms with E-state index in [9.17, 15) is 4.79 Å². The Balaban J connectivity index is 2.37. The van der Waals surface area contributed by atoms with Gasteiger partial charge in [-0.15, -0.1) is 6.58 Å². The highest BCUT2D eigenvalue weighted by Crippen LogP contribution is 2.16. The smallest absolute Gasteiger partial charge is 0.225 e. The zero-order valence-electron chi connectivity index (χ0n) is 9.73. The molecule has 0 aromatic rings. The number of amides is 1. The summed E-state index contributed by atoms with van der Waals surface area (Å²) in [7, 11) is 0. The molecule has 1 rings (SSSR count). The van der Waals surface area contributed by atoms with Crippen LogP contribution in [0.15, 0.2) is 12.7 Å². The molecule has 1 saturated heterocycles. The summed E-state index contributed by atoms with van der Waals surface area (Å²) in [5, 5.41) is 8.86. The summed E-state index contributed by atoms with van der Waals surface area (Å²) in [5.74, 6) is 0.0425. The first-order chi connectivity index (χ1) is 7.77. The number of aliphatic hydroxyl groups is 1. The van der Waals surface area contributed by atoms with E-state index in [2.05, 4.69) is 6.58 Å². The predicted octanol–water partition coefficient (Wildman–Crippen LogP) is 0.952. The normalized spacial score (nSPS) is 20.4. The van der Waals surface area contributed by atoms with Crippen LogP contribution in [0.2, 0.25) is 0 Å². The molecule has 1 amide bonds. The zero-order valence-corrected chi connectivity index (χ0v) is 9.73. The Morgan fingerprint density at radius 1 is 1.56 bits per heavy atom. The van der Waals surface area contributed by atoms with Crippen molar-refractivity contribution in [1.29, 1.82) is 0 Å². The zero-order chi connectivity index (χ0) is 11.8. The SMILES string of the molecule is C=CCN(CCO)C(=O)CC1CCCCO1. The second-order valence-electron chi connectivity index (χ2n) is 4.04. The summed E-state index contributed by atoms with van der Waals surface area (Å²) in [6, 6.07) is 0. The van der Waals surface area contributed by atoms with E-state index in [-0.39, 0.29) is 18.6 Å². The average molecular weight is 227 g/mol. The molecule has 0 aliphatic carbocycles. The summed E-state index contributed by atoms with van der Waals surface area (Å²) in [6.45, 7) is 5.22. The van der Waals surface area contributed by atoms with Crippen LogP contribution in [0.5, 0.6) is 0 Å². The van der Waals surface area contributed by atoms with Gasteiger partial charge in [-0.05, 0) is 19.3 Å². The number of hydrogen-bond acceptors (Lipinski definition) is 3. The van der Waals surface area contributed by atoms with Crippen molar-refractivity contribution in [3.63, 3.8) is 0 Å². The topological polar surface area (TPSA) is 49.8 Å². The molecule has 1 atom stereocenters. The van der Waals surface area contributed by atoms with Crippen molar-refractivity contribution in [1.82, 2.24) is 4.90 Å². The maximum atomic E-state index is 11.9. The van der Waals surface area contributed by atoms with Crippen molar-refractivity contribution in [2.45, 2.75) is 31.8 Å². The van der Waals surface area contributed by atoms with E-state index in [1.165, 1.54) is 0 Å². The third-order valence-electron chi connectivity index (χ3n) is 2.75. The molecule has 0 aromatic heterocycles. The molecular weight excluding hydrogens is 206 g/mol. The van der Waals surface area contributed by atoms with Gasteiger partial charge in [-0.3, -0.25) is 4.79 Å². The van der Waals surface area contributed by atoms with Crippen LogP contribution in [-0.4, -0.2) is 48.3 Å². The second-order valence-corrected chi connectivity index (χ2v) is 4.04. The van der Waals surface area contributed by atoms with Crippen molar-refractivity contribution in [2.75, 3.05) is 26.3 Å². The lowest BCUT2D eigenvalue weighted by Crippen LogP contribution is -2.36. The minimum atomic E-state index is -0.00883. The van der Waals surface area contributed by atoms with E-state index < -0.39 is 0 Å². The molecule has 92 valence electrons. The van der Waals surface area contributed by atoms with E-state index in [4.69, 9.17) is 9.84 Å². The monoisotopic (exact) mass is 227 g/mol. The van der Waals surface area contributed by atoms with Crippen LogP contribution < -0.4 is 0 Å². The van der Waals surface area contributed by atoms with Crippen molar-refractivity contribution in [3.05, 3.63) is 12.7 Å². The van der Waals surface area contributed by atoms with Gasteiger partial charge in [0.05, 0.1) is 19.1 Å². The summed E-state index contributed by atoms with van der Waals surface area (Å²) in [5.41, 5.74) is 0. The molecule has 1 unspecified atom stereocenters. The first kappa shape index (κ1) is 13.2. The Morgan fingerprint density at radius 3 is 2.94 bits per heavy atom. The Labute approximate surface area is 96.9 Å². The van der Waals surface area contributed by atoms with Crippen LogP contribution in [0.25, 0.3) is 0 Å². The van der Waals surface area contributed by atoms with Crippen LogP contribution in [0.1, 0.15) is 25.7 Å². The summed E-state index contributed by atoms with van der Waals surface area (Å²) < 4.78 is 5.52. The van der Waals surface area contributed by atoms with Gasteiger partial charge < -0.3 is 14.7 Å². The van der Waals surface area contributed by atoms with Gasteiger partial charge in [-0.1, -0.05) is 6.08 Å². The quantitative estimate of drug-likeness (QED) is 0.687. The van der Waals surface area contributed by atoms with Crippen LogP contribution in [0.3, 0.4) is 0 Å². The van der Waals surface area contributed by atoms with Gasteiger partial charge in [0.2, 0.25) is 5.91 Å².